The Bertz CT molecular complexity index is 510. The van der Waals surface area contributed by atoms with E-state index in [1.165, 1.54) is 0 Å². The van der Waals surface area contributed by atoms with E-state index in [2.05, 4.69) is 12.2 Å². The molecule has 0 bridgehead atoms. The van der Waals surface area contributed by atoms with Crippen molar-refractivity contribution in [3.8, 4) is 0 Å². The van der Waals surface area contributed by atoms with Gasteiger partial charge in [-0.15, -0.1) is 0 Å². The van der Waals surface area contributed by atoms with Crippen molar-refractivity contribution in [2.75, 3.05) is 19.6 Å². The first-order valence-corrected chi connectivity index (χ1v) is 8.39. The molecule has 0 aromatic heterocycles. The van der Waals surface area contributed by atoms with Gasteiger partial charge in [-0.1, -0.05) is 43.7 Å². The number of benzene rings is 1. The second-order valence-corrected chi connectivity index (χ2v) is 6.21. The molecule has 1 aliphatic rings. The molecule has 1 heterocycles. The van der Waals surface area contributed by atoms with Crippen LogP contribution in [0.3, 0.4) is 0 Å². The number of likely N-dealkylation sites (tertiary alicyclic amines) is 1. The highest BCUT2D eigenvalue weighted by molar-refractivity contribution is 5.78. The Morgan fingerprint density at radius 2 is 1.91 bits per heavy atom. The predicted molar refractivity (Wildman–Crippen MR) is 89.0 cm³/mol. The van der Waals surface area contributed by atoms with Crippen LogP contribution < -0.4 is 5.32 Å². The number of amides is 1. The van der Waals surface area contributed by atoms with E-state index < -0.39 is 5.97 Å². The van der Waals surface area contributed by atoms with Crippen molar-refractivity contribution in [2.45, 2.75) is 38.6 Å². The summed E-state index contributed by atoms with van der Waals surface area (Å²) in [5.41, 5.74) is 1.13. The molecule has 23 heavy (non-hydrogen) atoms. The second kappa shape index (κ2) is 8.67. The first-order chi connectivity index (χ1) is 11.1. The minimum atomic E-state index is -0.721. The van der Waals surface area contributed by atoms with E-state index in [4.69, 9.17) is 5.11 Å². The van der Waals surface area contributed by atoms with Gasteiger partial charge in [0.1, 0.15) is 0 Å². The van der Waals surface area contributed by atoms with Gasteiger partial charge in [0, 0.05) is 0 Å². The summed E-state index contributed by atoms with van der Waals surface area (Å²) in [6.07, 6.45) is 3.17. The monoisotopic (exact) mass is 318 g/mol. The van der Waals surface area contributed by atoms with Crippen molar-refractivity contribution >= 4 is 11.9 Å². The molecule has 1 amide bonds. The van der Waals surface area contributed by atoms with Crippen molar-refractivity contribution in [1.82, 2.24) is 10.2 Å². The molecular weight excluding hydrogens is 292 g/mol. The topological polar surface area (TPSA) is 69.6 Å². The maximum Gasteiger partial charge on any atom is 0.306 e. The van der Waals surface area contributed by atoms with Crippen LogP contribution in [-0.4, -0.2) is 41.5 Å². The van der Waals surface area contributed by atoms with Gasteiger partial charge in [-0.05, 0) is 37.9 Å². The summed E-state index contributed by atoms with van der Waals surface area (Å²) in [5, 5.41) is 12.1. The SMILES string of the molecule is CCCC(NC(=O)CN1CCC(C(=O)O)CC1)c1ccccc1. The number of piperidine rings is 1. The molecular formula is C18H26N2O3. The molecule has 0 saturated carbocycles. The van der Waals surface area contributed by atoms with Crippen molar-refractivity contribution in [3.63, 3.8) is 0 Å². The summed E-state index contributed by atoms with van der Waals surface area (Å²) in [4.78, 5) is 25.3. The summed E-state index contributed by atoms with van der Waals surface area (Å²) >= 11 is 0. The van der Waals surface area contributed by atoms with E-state index in [1.54, 1.807) is 0 Å². The van der Waals surface area contributed by atoms with Gasteiger partial charge in [0.15, 0.2) is 0 Å². The number of carbonyl (C=O) groups is 2. The zero-order valence-electron chi connectivity index (χ0n) is 13.7. The number of rotatable bonds is 7. The zero-order chi connectivity index (χ0) is 16.7. The molecule has 1 aliphatic heterocycles. The summed E-state index contributed by atoms with van der Waals surface area (Å²) in [7, 11) is 0. The smallest absolute Gasteiger partial charge is 0.306 e. The summed E-state index contributed by atoms with van der Waals surface area (Å²) < 4.78 is 0. The third-order valence-corrected chi connectivity index (χ3v) is 4.42. The molecule has 0 radical (unpaired) electrons. The van der Waals surface area contributed by atoms with Gasteiger partial charge in [0.25, 0.3) is 0 Å². The third-order valence-electron chi connectivity index (χ3n) is 4.42. The van der Waals surface area contributed by atoms with Crippen LogP contribution in [0.4, 0.5) is 0 Å². The molecule has 1 fully saturated rings. The summed E-state index contributed by atoms with van der Waals surface area (Å²) in [6, 6.07) is 10.1. The van der Waals surface area contributed by atoms with Crippen LogP contribution in [0.2, 0.25) is 0 Å². The largest absolute Gasteiger partial charge is 0.481 e. The molecule has 126 valence electrons. The van der Waals surface area contributed by atoms with Crippen molar-refractivity contribution in [1.29, 1.82) is 0 Å². The molecule has 2 rings (SSSR count). The molecule has 1 unspecified atom stereocenters. The van der Waals surface area contributed by atoms with Gasteiger partial charge in [-0.3, -0.25) is 14.5 Å². The van der Waals surface area contributed by atoms with Crippen LogP contribution in [0.1, 0.15) is 44.2 Å². The molecule has 1 saturated heterocycles. The standard InChI is InChI=1S/C18H26N2O3/c1-2-6-16(14-7-4-3-5-8-14)19-17(21)13-20-11-9-15(10-12-20)18(22)23/h3-5,7-8,15-16H,2,6,9-13H2,1H3,(H,19,21)(H,22,23). The van der Waals surface area contributed by atoms with Gasteiger partial charge >= 0.3 is 5.97 Å². The van der Waals surface area contributed by atoms with E-state index in [9.17, 15) is 9.59 Å². The van der Waals surface area contributed by atoms with Gasteiger partial charge in [0.05, 0.1) is 18.5 Å². The lowest BCUT2D eigenvalue weighted by atomic mass is 9.97. The highest BCUT2D eigenvalue weighted by Crippen LogP contribution is 2.19. The number of hydrogen-bond donors (Lipinski definition) is 2. The second-order valence-electron chi connectivity index (χ2n) is 6.21. The summed E-state index contributed by atoms with van der Waals surface area (Å²) in [5.74, 6) is -0.964. The van der Waals surface area contributed by atoms with Crippen molar-refractivity contribution < 1.29 is 14.7 Å². The Kier molecular flexibility index (Phi) is 6.59. The van der Waals surface area contributed by atoms with Crippen LogP contribution in [0.5, 0.6) is 0 Å². The average Bonchev–Trinajstić information content (AvgIpc) is 2.55. The molecule has 1 atom stereocenters. The molecule has 5 nitrogen and oxygen atoms in total. The van der Waals surface area contributed by atoms with Gasteiger partial charge in [0.2, 0.25) is 5.91 Å². The average molecular weight is 318 g/mol. The number of nitrogens with zero attached hydrogens (tertiary/aromatic N) is 1. The van der Waals surface area contributed by atoms with Crippen LogP contribution >= 0.6 is 0 Å². The zero-order valence-corrected chi connectivity index (χ0v) is 13.7. The number of carbonyl (C=O) groups excluding carboxylic acids is 1. The first-order valence-electron chi connectivity index (χ1n) is 8.39. The van der Waals surface area contributed by atoms with Gasteiger partial charge < -0.3 is 10.4 Å². The number of nitrogens with one attached hydrogen (secondary N) is 1. The van der Waals surface area contributed by atoms with Crippen LogP contribution in [-0.2, 0) is 9.59 Å². The Hall–Kier alpha value is -1.88. The number of carboxylic acids is 1. The Morgan fingerprint density at radius 3 is 2.48 bits per heavy atom. The Labute approximate surface area is 137 Å². The maximum atomic E-state index is 12.3. The van der Waals surface area contributed by atoms with Crippen molar-refractivity contribution in [3.05, 3.63) is 35.9 Å². The lowest BCUT2D eigenvalue weighted by Gasteiger charge is -2.30. The maximum absolute atomic E-state index is 12.3. The highest BCUT2D eigenvalue weighted by atomic mass is 16.4. The van der Waals surface area contributed by atoms with Gasteiger partial charge in [-0.25, -0.2) is 0 Å². The quantitative estimate of drug-likeness (QED) is 0.810. The van der Waals surface area contributed by atoms with E-state index >= 15 is 0 Å². The van der Waals surface area contributed by atoms with E-state index in [1.807, 2.05) is 35.2 Å². The molecule has 5 heteroatoms. The van der Waals surface area contributed by atoms with Crippen molar-refractivity contribution in [2.24, 2.45) is 5.92 Å². The lowest BCUT2D eigenvalue weighted by Crippen LogP contribution is -2.43. The molecule has 0 aliphatic carbocycles. The highest BCUT2D eigenvalue weighted by Gasteiger charge is 2.25. The fourth-order valence-corrected chi connectivity index (χ4v) is 3.08. The van der Waals surface area contributed by atoms with Crippen LogP contribution in [0.15, 0.2) is 30.3 Å². The van der Waals surface area contributed by atoms with E-state index in [-0.39, 0.29) is 17.9 Å². The Morgan fingerprint density at radius 1 is 1.26 bits per heavy atom. The van der Waals surface area contributed by atoms with Crippen LogP contribution in [0, 0.1) is 5.92 Å². The first kappa shape index (κ1) is 17.5. The van der Waals surface area contributed by atoms with E-state index in [0.29, 0.717) is 32.5 Å². The number of aliphatic carboxylic acids is 1. The Balaban J connectivity index is 1.84. The predicted octanol–water partition coefficient (Wildman–Crippen LogP) is 2.44. The molecule has 1 aromatic rings. The summed E-state index contributed by atoms with van der Waals surface area (Å²) in [6.45, 7) is 3.81. The van der Waals surface area contributed by atoms with E-state index in [0.717, 1.165) is 18.4 Å². The lowest BCUT2D eigenvalue weighted by molar-refractivity contribution is -0.143. The van der Waals surface area contributed by atoms with Crippen LogP contribution in [0.25, 0.3) is 0 Å². The third kappa shape index (κ3) is 5.36. The molecule has 0 spiro atoms. The fourth-order valence-electron chi connectivity index (χ4n) is 3.08. The number of carboxylic acid groups (broad SMARTS) is 1. The number of hydrogen-bond acceptors (Lipinski definition) is 3. The van der Waals surface area contributed by atoms with Gasteiger partial charge in [-0.2, -0.15) is 0 Å². The molecule has 2 N–H and O–H groups in total. The minimum absolute atomic E-state index is 0.0149. The normalized spacial score (nSPS) is 17.6. The minimum Gasteiger partial charge on any atom is -0.481 e. The fraction of sp³-hybridized carbons (Fsp3) is 0.556. The molecule has 1 aromatic carbocycles.